The van der Waals surface area contributed by atoms with Crippen molar-refractivity contribution in [1.29, 1.82) is 0 Å². The number of rotatable bonds is 3. The molecule has 2 aromatic rings. The lowest BCUT2D eigenvalue weighted by Gasteiger charge is -2.38. The number of hydroxylamine groups is 2. The molecule has 3 rings (SSSR count). The van der Waals surface area contributed by atoms with Gasteiger partial charge in [-0.2, -0.15) is 9.37 Å². The lowest BCUT2D eigenvalue weighted by molar-refractivity contribution is 0.102. The van der Waals surface area contributed by atoms with Crippen LogP contribution in [0, 0.1) is 17.3 Å². The molecule has 0 spiro atoms. The van der Waals surface area contributed by atoms with E-state index in [1.807, 2.05) is 43.1 Å². The zero-order valence-corrected chi connectivity index (χ0v) is 14.4. The zero-order valence-electron chi connectivity index (χ0n) is 12.7. The molecule has 0 radical (unpaired) electrons. The second kappa shape index (κ2) is 6.21. The first-order valence-corrected chi connectivity index (χ1v) is 8.28. The predicted molar refractivity (Wildman–Crippen MR) is 92.5 cm³/mol. The van der Waals surface area contributed by atoms with E-state index in [0.717, 1.165) is 28.7 Å². The fourth-order valence-electron chi connectivity index (χ4n) is 2.60. The third kappa shape index (κ3) is 3.26. The highest BCUT2D eigenvalue weighted by Crippen LogP contribution is 2.34. The smallest absolute Gasteiger partial charge is 0.293 e. The number of aromatic nitrogens is 1. The van der Waals surface area contributed by atoms with Gasteiger partial charge < -0.3 is 9.94 Å². The van der Waals surface area contributed by atoms with Gasteiger partial charge in [0.05, 0.1) is 12.7 Å². The molecule has 2 unspecified atom stereocenters. The van der Waals surface area contributed by atoms with Crippen LogP contribution in [0.4, 0.5) is 9.52 Å². The minimum Gasteiger partial charge on any atom is -0.622 e. The van der Waals surface area contributed by atoms with Crippen LogP contribution in [0.2, 0.25) is 0 Å². The highest BCUT2D eigenvalue weighted by molar-refractivity contribution is 7.80. The van der Waals surface area contributed by atoms with Crippen LogP contribution in [0.3, 0.4) is 0 Å². The van der Waals surface area contributed by atoms with Crippen molar-refractivity contribution < 1.29 is 9.13 Å². The van der Waals surface area contributed by atoms with Crippen molar-refractivity contribution in [3.05, 3.63) is 51.9 Å². The van der Waals surface area contributed by atoms with Crippen molar-refractivity contribution in [2.45, 2.75) is 13.2 Å². The summed E-state index contributed by atoms with van der Waals surface area (Å²) in [5.41, 5.74) is 1.81. The van der Waals surface area contributed by atoms with Crippen molar-refractivity contribution in [2.24, 2.45) is 0 Å². The minimum atomic E-state index is -0.850. The summed E-state index contributed by atoms with van der Waals surface area (Å²) in [6, 6.07) is 7.60. The molecule has 23 heavy (non-hydrogen) atoms. The zero-order chi connectivity index (χ0) is 16.6. The van der Waals surface area contributed by atoms with Crippen LogP contribution < -0.4 is 4.65 Å². The van der Waals surface area contributed by atoms with Crippen molar-refractivity contribution in [1.82, 2.24) is 14.5 Å². The number of nitrogens with zero attached hydrogens (tertiary/aromatic N) is 3. The summed E-state index contributed by atoms with van der Waals surface area (Å²) in [7, 11) is 1.81. The Bertz CT molecular complexity index is 739. The van der Waals surface area contributed by atoms with Gasteiger partial charge in [0.15, 0.2) is 5.05 Å². The normalized spacial score (nSPS) is 24.8. The average molecular weight is 353 g/mol. The standard InChI is InChI=1S/C15H16FN3O2S2/c1-10-4-3-5-11(6-10)14(22)21-13-8-18(2)9-19(13,20)15-17-7-12(16)23-15/h3-7,13H,8-9H2,1-2H3. The van der Waals surface area contributed by atoms with Gasteiger partial charge in [-0.1, -0.05) is 23.8 Å². The van der Waals surface area contributed by atoms with Gasteiger partial charge in [0.2, 0.25) is 5.13 Å². The topological polar surface area (TPSA) is 48.4 Å². The van der Waals surface area contributed by atoms with Gasteiger partial charge >= 0.3 is 0 Å². The molecule has 1 aliphatic heterocycles. The highest BCUT2D eigenvalue weighted by atomic mass is 32.1. The number of hydrogen-bond donors (Lipinski definition) is 0. The Morgan fingerprint density at radius 2 is 2.35 bits per heavy atom. The molecule has 0 saturated carbocycles. The highest BCUT2D eigenvalue weighted by Gasteiger charge is 2.44. The molecule has 0 bridgehead atoms. The fourth-order valence-corrected chi connectivity index (χ4v) is 3.55. The van der Waals surface area contributed by atoms with E-state index in [9.17, 15) is 9.60 Å². The monoisotopic (exact) mass is 353 g/mol. The Balaban J connectivity index is 1.84. The first-order valence-electron chi connectivity index (χ1n) is 7.05. The molecule has 1 aliphatic rings. The molecular formula is C15H16FN3O2S2. The van der Waals surface area contributed by atoms with E-state index >= 15 is 0 Å². The van der Waals surface area contributed by atoms with Gasteiger partial charge in [-0.3, -0.25) is 4.65 Å². The van der Waals surface area contributed by atoms with E-state index in [-0.39, 0.29) is 16.9 Å². The lowest BCUT2D eigenvalue weighted by Crippen LogP contribution is -2.50. The summed E-state index contributed by atoms with van der Waals surface area (Å²) in [4.78, 5) is 5.73. The van der Waals surface area contributed by atoms with Crippen LogP contribution in [-0.2, 0) is 4.74 Å². The number of benzene rings is 1. The Morgan fingerprint density at radius 1 is 1.57 bits per heavy atom. The van der Waals surface area contributed by atoms with Crippen LogP contribution in [0.15, 0.2) is 30.5 Å². The van der Waals surface area contributed by atoms with Crippen LogP contribution in [0.25, 0.3) is 0 Å². The van der Waals surface area contributed by atoms with Crippen molar-refractivity contribution >= 4 is 33.7 Å². The predicted octanol–water partition coefficient (Wildman–Crippen LogP) is 3.02. The Morgan fingerprint density at radius 3 is 3.00 bits per heavy atom. The molecule has 0 N–H and O–H groups in total. The van der Waals surface area contributed by atoms with Crippen molar-refractivity contribution in [3.63, 3.8) is 0 Å². The number of aryl methyl sites for hydroxylation is 1. The van der Waals surface area contributed by atoms with Gasteiger partial charge in [-0.05, 0) is 43.6 Å². The van der Waals surface area contributed by atoms with E-state index < -0.39 is 16.0 Å². The third-order valence-corrected chi connectivity index (χ3v) is 4.90. The number of halogens is 1. The Kier molecular flexibility index (Phi) is 4.43. The fraction of sp³-hybridized carbons (Fsp3) is 0.333. The number of hydrogen-bond acceptors (Lipinski definition) is 6. The van der Waals surface area contributed by atoms with Crippen LogP contribution >= 0.6 is 23.6 Å². The van der Waals surface area contributed by atoms with Crippen molar-refractivity contribution in [2.75, 3.05) is 20.3 Å². The summed E-state index contributed by atoms with van der Waals surface area (Å²) < 4.78 is 18.2. The number of ether oxygens (including phenoxy) is 1. The van der Waals surface area contributed by atoms with Gasteiger partial charge in [0.1, 0.15) is 6.67 Å². The number of quaternary nitrogens is 1. The first kappa shape index (κ1) is 16.4. The summed E-state index contributed by atoms with van der Waals surface area (Å²) in [5, 5.41) is 13.1. The molecule has 1 saturated heterocycles. The molecule has 1 aromatic carbocycles. The van der Waals surface area contributed by atoms with Gasteiger partial charge in [0.25, 0.3) is 11.4 Å². The SMILES string of the molecule is Cc1cccc(C(=S)OC2CN(C)C[N+]2([O-])c2ncc(F)s2)c1. The first-order chi connectivity index (χ1) is 10.9. The molecule has 2 heterocycles. The maximum atomic E-state index is 13.3. The van der Waals surface area contributed by atoms with Crippen LogP contribution in [-0.4, -0.2) is 41.4 Å². The summed E-state index contributed by atoms with van der Waals surface area (Å²) in [5.74, 6) is 0. The molecule has 2 atom stereocenters. The third-order valence-electron chi connectivity index (χ3n) is 3.67. The molecule has 1 aromatic heterocycles. The maximum Gasteiger partial charge on any atom is 0.293 e. The Labute approximate surface area is 143 Å². The maximum absolute atomic E-state index is 13.3. The molecule has 1 fully saturated rings. The molecule has 0 amide bonds. The second-order valence-corrected chi connectivity index (χ2v) is 6.98. The number of thiocarbonyl (C=S) groups is 1. The minimum absolute atomic E-state index is 0.142. The molecule has 8 heteroatoms. The summed E-state index contributed by atoms with van der Waals surface area (Å²) in [6.07, 6.45) is 0.296. The van der Waals surface area contributed by atoms with E-state index in [0.29, 0.717) is 6.54 Å². The van der Waals surface area contributed by atoms with Gasteiger partial charge in [-0.15, -0.1) is 0 Å². The second-order valence-electron chi connectivity index (χ2n) is 5.65. The number of thiazole rings is 1. The van der Waals surface area contributed by atoms with E-state index in [2.05, 4.69) is 4.98 Å². The molecule has 122 valence electrons. The quantitative estimate of drug-likeness (QED) is 0.482. The lowest BCUT2D eigenvalue weighted by atomic mass is 10.1. The molecule has 5 nitrogen and oxygen atoms in total. The summed E-state index contributed by atoms with van der Waals surface area (Å²) >= 11 is 6.08. The largest absolute Gasteiger partial charge is 0.622 e. The van der Waals surface area contributed by atoms with Crippen LogP contribution in [0.1, 0.15) is 11.1 Å². The van der Waals surface area contributed by atoms with E-state index in [1.165, 1.54) is 0 Å². The number of likely N-dealkylation sites (N-methyl/N-ethyl adjacent to an activating group) is 1. The molecular weight excluding hydrogens is 337 g/mol. The van der Waals surface area contributed by atoms with Gasteiger partial charge in [0, 0.05) is 5.56 Å². The average Bonchev–Trinajstić information content (AvgIpc) is 3.04. The van der Waals surface area contributed by atoms with Gasteiger partial charge in [-0.25, -0.2) is 4.90 Å². The van der Waals surface area contributed by atoms with Crippen molar-refractivity contribution in [3.8, 4) is 0 Å². The van der Waals surface area contributed by atoms with E-state index in [1.54, 1.807) is 0 Å². The Hall–Kier alpha value is -1.45. The van der Waals surface area contributed by atoms with E-state index in [4.69, 9.17) is 17.0 Å². The molecule has 0 aliphatic carbocycles. The van der Waals surface area contributed by atoms with Crippen LogP contribution in [0.5, 0.6) is 0 Å². The summed E-state index contributed by atoms with van der Waals surface area (Å²) in [6.45, 7) is 2.51.